The molecular formula is C22H28FN3O5S. The van der Waals surface area contributed by atoms with Gasteiger partial charge < -0.3 is 14.6 Å². The van der Waals surface area contributed by atoms with E-state index in [-0.39, 0.29) is 23.4 Å². The highest BCUT2D eigenvalue weighted by Crippen LogP contribution is 2.26. The minimum Gasteiger partial charge on any atom is -0.467 e. The number of nitrogens with one attached hydrogen (secondary N) is 2. The van der Waals surface area contributed by atoms with Crippen LogP contribution in [0.15, 0.2) is 52.0 Å². The summed E-state index contributed by atoms with van der Waals surface area (Å²) in [5.41, 5.74) is 0. The fourth-order valence-electron chi connectivity index (χ4n) is 3.97. The van der Waals surface area contributed by atoms with Crippen molar-refractivity contribution in [2.24, 2.45) is 0 Å². The lowest BCUT2D eigenvalue weighted by atomic mass is 10.1. The zero-order valence-electron chi connectivity index (χ0n) is 17.9. The lowest BCUT2D eigenvalue weighted by molar-refractivity contribution is -0.142. The molecule has 0 aliphatic heterocycles. The van der Waals surface area contributed by atoms with Crippen molar-refractivity contribution in [3.05, 3.63) is 54.2 Å². The number of nitrogens with zero attached hydrogens (tertiary/aromatic N) is 1. The topological polar surface area (TPSA) is 109 Å². The van der Waals surface area contributed by atoms with E-state index in [0.29, 0.717) is 12.2 Å². The van der Waals surface area contributed by atoms with Crippen molar-refractivity contribution in [1.82, 2.24) is 14.9 Å². The fourth-order valence-corrected chi connectivity index (χ4v) is 4.95. The maximum atomic E-state index is 13.1. The van der Waals surface area contributed by atoms with Crippen LogP contribution < -0.4 is 10.0 Å². The van der Waals surface area contributed by atoms with Crippen molar-refractivity contribution >= 4 is 21.8 Å². The highest BCUT2D eigenvalue weighted by Gasteiger charge is 2.35. The first-order valence-electron chi connectivity index (χ1n) is 10.7. The summed E-state index contributed by atoms with van der Waals surface area (Å²) in [4.78, 5) is 27.4. The molecule has 1 aromatic carbocycles. The number of halogens is 1. The molecule has 0 unspecified atom stereocenters. The van der Waals surface area contributed by atoms with Gasteiger partial charge in [-0.1, -0.05) is 19.8 Å². The second kappa shape index (κ2) is 10.7. The molecule has 2 aromatic rings. The largest absolute Gasteiger partial charge is 0.467 e. The van der Waals surface area contributed by atoms with Crippen molar-refractivity contribution in [3.8, 4) is 0 Å². The molecule has 1 saturated carbocycles. The van der Waals surface area contributed by atoms with E-state index in [2.05, 4.69) is 10.0 Å². The number of carbonyl (C=O) groups excluding carboxylic acids is 2. The van der Waals surface area contributed by atoms with Crippen LogP contribution in [0.4, 0.5) is 4.39 Å². The molecule has 0 bridgehead atoms. The predicted molar refractivity (Wildman–Crippen MR) is 115 cm³/mol. The molecule has 32 heavy (non-hydrogen) atoms. The van der Waals surface area contributed by atoms with E-state index < -0.39 is 34.3 Å². The standard InChI is InChI=1S/C22H28FN3O5S/c1-2-20(22(28)24-14-18-8-5-13-31-18)26(17-6-3-4-7-17)21(27)15-25-32(29,30)19-11-9-16(23)10-12-19/h5,8-13,17,20,25H,2-4,6-7,14-15H2,1H3,(H,24,28)/t20-/m0/s1. The average Bonchev–Trinajstić information content (AvgIpc) is 3.49. The van der Waals surface area contributed by atoms with Gasteiger partial charge in [0.2, 0.25) is 21.8 Å². The number of rotatable bonds is 10. The van der Waals surface area contributed by atoms with Gasteiger partial charge in [-0.3, -0.25) is 9.59 Å². The highest BCUT2D eigenvalue weighted by atomic mass is 32.2. The molecule has 1 aliphatic rings. The smallest absolute Gasteiger partial charge is 0.243 e. The van der Waals surface area contributed by atoms with Crippen LogP contribution in [0.1, 0.15) is 44.8 Å². The Bertz CT molecular complexity index is 1000. The summed E-state index contributed by atoms with van der Waals surface area (Å²) in [6.07, 6.45) is 5.31. The normalized spacial score (nSPS) is 15.4. The predicted octanol–water partition coefficient (Wildman–Crippen LogP) is 2.56. The van der Waals surface area contributed by atoms with Gasteiger partial charge in [0.25, 0.3) is 0 Å². The van der Waals surface area contributed by atoms with Gasteiger partial charge in [-0.25, -0.2) is 17.5 Å². The molecule has 1 atom stereocenters. The van der Waals surface area contributed by atoms with Crippen molar-refractivity contribution in [2.75, 3.05) is 6.54 Å². The lowest BCUT2D eigenvalue weighted by Crippen LogP contribution is -2.55. The molecule has 2 amide bonds. The van der Waals surface area contributed by atoms with Crippen molar-refractivity contribution < 1.29 is 26.8 Å². The van der Waals surface area contributed by atoms with Crippen LogP contribution in [0, 0.1) is 5.82 Å². The monoisotopic (exact) mass is 465 g/mol. The molecule has 3 rings (SSSR count). The minimum absolute atomic E-state index is 0.128. The molecule has 0 saturated heterocycles. The van der Waals surface area contributed by atoms with Gasteiger partial charge in [-0.15, -0.1) is 0 Å². The van der Waals surface area contributed by atoms with Crippen LogP contribution in [0.25, 0.3) is 0 Å². The van der Waals surface area contributed by atoms with E-state index in [9.17, 15) is 22.4 Å². The van der Waals surface area contributed by atoms with E-state index in [1.165, 1.54) is 11.2 Å². The van der Waals surface area contributed by atoms with Gasteiger partial charge in [0.15, 0.2) is 0 Å². The van der Waals surface area contributed by atoms with Gasteiger partial charge in [-0.05, 0) is 55.7 Å². The van der Waals surface area contributed by atoms with E-state index in [4.69, 9.17) is 4.42 Å². The second-order valence-electron chi connectivity index (χ2n) is 7.74. The van der Waals surface area contributed by atoms with Crippen molar-refractivity contribution in [3.63, 3.8) is 0 Å². The van der Waals surface area contributed by atoms with E-state index in [0.717, 1.165) is 49.9 Å². The van der Waals surface area contributed by atoms with Gasteiger partial charge in [-0.2, -0.15) is 0 Å². The maximum Gasteiger partial charge on any atom is 0.243 e. The third kappa shape index (κ3) is 5.95. The van der Waals surface area contributed by atoms with Crippen LogP contribution in [0.3, 0.4) is 0 Å². The van der Waals surface area contributed by atoms with Crippen LogP contribution in [0.5, 0.6) is 0 Å². The zero-order valence-corrected chi connectivity index (χ0v) is 18.7. The molecule has 0 spiro atoms. The SMILES string of the molecule is CC[C@@H](C(=O)NCc1ccco1)N(C(=O)CNS(=O)(=O)c1ccc(F)cc1)C1CCCC1. The van der Waals surface area contributed by atoms with Gasteiger partial charge >= 0.3 is 0 Å². The van der Waals surface area contributed by atoms with Gasteiger partial charge in [0.05, 0.1) is 24.2 Å². The molecule has 1 aromatic heterocycles. The number of sulfonamides is 1. The quantitative estimate of drug-likeness (QED) is 0.561. The highest BCUT2D eigenvalue weighted by molar-refractivity contribution is 7.89. The first-order chi connectivity index (χ1) is 15.3. The number of hydrogen-bond acceptors (Lipinski definition) is 5. The molecule has 0 radical (unpaired) electrons. The first kappa shape index (κ1) is 23.9. The third-order valence-corrected chi connectivity index (χ3v) is 7.00. The van der Waals surface area contributed by atoms with Crippen LogP contribution >= 0.6 is 0 Å². The Morgan fingerprint density at radius 1 is 1.19 bits per heavy atom. The van der Waals surface area contributed by atoms with Crippen LogP contribution in [0.2, 0.25) is 0 Å². The summed E-state index contributed by atoms with van der Waals surface area (Å²) in [6.45, 7) is 1.53. The van der Waals surface area contributed by atoms with E-state index in [1.807, 2.05) is 6.92 Å². The number of carbonyl (C=O) groups is 2. The molecule has 1 heterocycles. The summed E-state index contributed by atoms with van der Waals surface area (Å²) in [7, 11) is -4.00. The number of amides is 2. The van der Waals surface area contributed by atoms with Crippen LogP contribution in [-0.4, -0.2) is 43.8 Å². The Morgan fingerprint density at radius 3 is 2.47 bits per heavy atom. The number of hydrogen-bond donors (Lipinski definition) is 2. The number of benzene rings is 1. The second-order valence-corrected chi connectivity index (χ2v) is 9.51. The van der Waals surface area contributed by atoms with Crippen molar-refractivity contribution in [1.29, 1.82) is 0 Å². The Balaban J connectivity index is 1.71. The fraction of sp³-hybridized carbons (Fsp3) is 0.455. The summed E-state index contributed by atoms with van der Waals surface area (Å²) in [5, 5.41) is 2.80. The molecule has 1 aliphatic carbocycles. The van der Waals surface area contributed by atoms with Gasteiger partial charge in [0, 0.05) is 6.04 Å². The molecule has 8 nitrogen and oxygen atoms in total. The average molecular weight is 466 g/mol. The number of furan rings is 1. The first-order valence-corrected chi connectivity index (χ1v) is 12.2. The summed E-state index contributed by atoms with van der Waals surface area (Å²) in [5.74, 6) is -0.745. The minimum atomic E-state index is -4.00. The van der Waals surface area contributed by atoms with Crippen LogP contribution in [-0.2, 0) is 26.2 Å². The Morgan fingerprint density at radius 2 is 1.88 bits per heavy atom. The van der Waals surface area contributed by atoms with E-state index >= 15 is 0 Å². The Labute approximate surface area is 187 Å². The lowest BCUT2D eigenvalue weighted by Gasteiger charge is -2.35. The molecule has 10 heteroatoms. The maximum absolute atomic E-state index is 13.1. The molecule has 1 fully saturated rings. The summed E-state index contributed by atoms with van der Waals surface area (Å²) < 4.78 is 45.6. The third-order valence-electron chi connectivity index (χ3n) is 5.59. The Kier molecular flexibility index (Phi) is 8.03. The zero-order chi connectivity index (χ0) is 23.1. The van der Waals surface area contributed by atoms with Gasteiger partial charge in [0.1, 0.15) is 17.6 Å². The van der Waals surface area contributed by atoms with Crippen molar-refractivity contribution in [2.45, 2.75) is 62.6 Å². The molecule has 2 N–H and O–H groups in total. The summed E-state index contributed by atoms with van der Waals surface area (Å²) >= 11 is 0. The Hall–Kier alpha value is -2.72. The molecular weight excluding hydrogens is 437 g/mol. The van der Waals surface area contributed by atoms with E-state index in [1.54, 1.807) is 12.1 Å². The molecule has 174 valence electrons. The summed E-state index contributed by atoms with van der Waals surface area (Å²) in [6, 6.07) is 6.95.